The average Bonchev–Trinajstić information content (AvgIpc) is 2.70. The van der Waals surface area contributed by atoms with Gasteiger partial charge in [-0.2, -0.15) is 0 Å². The minimum atomic E-state index is -0.963. The van der Waals surface area contributed by atoms with Crippen LogP contribution in [0.1, 0.15) is 18.7 Å². The number of thiazole rings is 1. The molecule has 0 aliphatic rings. The first-order valence-electron chi connectivity index (χ1n) is 6.11. The molecule has 3 N–H and O–H groups in total. The highest BCUT2D eigenvalue weighted by molar-refractivity contribution is 7.16. The Morgan fingerprint density at radius 2 is 1.95 bits per heavy atom. The number of nitrogens with one attached hydrogen (secondary N) is 1. The molecule has 1 heterocycles. The molecule has 1 aromatic carbocycles. The number of rotatable bonds is 3. The standard InChI is InChI=1S/C14H16FN3OS/c1-8-11(9-4-6-10(15)7-5-9)17-13(20-8)18-12(19)14(2,3)16/h4-7H,16H2,1-3H3,(H,17,18,19). The molecule has 1 amide bonds. The van der Waals surface area contributed by atoms with E-state index in [2.05, 4.69) is 10.3 Å². The number of aryl methyl sites for hydroxylation is 1. The number of aromatic nitrogens is 1. The molecule has 1 aromatic heterocycles. The van der Waals surface area contributed by atoms with Crippen molar-refractivity contribution in [3.63, 3.8) is 0 Å². The average molecular weight is 293 g/mol. The molecule has 0 bridgehead atoms. The second kappa shape index (κ2) is 5.30. The lowest BCUT2D eigenvalue weighted by molar-refractivity contribution is -0.120. The van der Waals surface area contributed by atoms with Crippen molar-refractivity contribution in [3.05, 3.63) is 35.0 Å². The minimum Gasteiger partial charge on any atom is -0.318 e. The Morgan fingerprint density at radius 3 is 2.50 bits per heavy atom. The first-order chi connectivity index (χ1) is 9.27. The smallest absolute Gasteiger partial charge is 0.245 e. The molecule has 20 heavy (non-hydrogen) atoms. The topological polar surface area (TPSA) is 68.0 Å². The summed E-state index contributed by atoms with van der Waals surface area (Å²) in [7, 11) is 0. The Morgan fingerprint density at radius 1 is 1.35 bits per heavy atom. The first-order valence-corrected chi connectivity index (χ1v) is 6.93. The van der Waals surface area contributed by atoms with Crippen LogP contribution in [0.25, 0.3) is 11.3 Å². The van der Waals surface area contributed by atoms with Crippen molar-refractivity contribution in [2.75, 3.05) is 5.32 Å². The molecule has 0 fully saturated rings. The number of hydrogen-bond donors (Lipinski definition) is 2. The van der Waals surface area contributed by atoms with Gasteiger partial charge in [0.05, 0.1) is 11.2 Å². The van der Waals surface area contributed by atoms with Gasteiger partial charge in [-0.3, -0.25) is 4.79 Å². The number of halogens is 1. The van der Waals surface area contributed by atoms with Gasteiger partial charge in [0.15, 0.2) is 5.13 Å². The van der Waals surface area contributed by atoms with Gasteiger partial charge in [-0.15, -0.1) is 11.3 Å². The fourth-order valence-electron chi connectivity index (χ4n) is 1.58. The molecule has 0 spiro atoms. The maximum absolute atomic E-state index is 12.9. The summed E-state index contributed by atoms with van der Waals surface area (Å²) in [6, 6.07) is 6.09. The van der Waals surface area contributed by atoms with E-state index in [0.29, 0.717) is 5.13 Å². The molecule has 0 atom stereocenters. The molecule has 0 unspecified atom stereocenters. The highest BCUT2D eigenvalue weighted by Crippen LogP contribution is 2.30. The van der Waals surface area contributed by atoms with E-state index in [1.54, 1.807) is 26.0 Å². The molecule has 106 valence electrons. The molecular formula is C14H16FN3OS. The SMILES string of the molecule is Cc1sc(NC(=O)C(C)(C)N)nc1-c1ccc(F)cc1. The van der Waals surface area contributed by atoms with E-state index in [1.165, 1.54) is 23.5 Å². The Balaban J connectivity index is 2.26. The normalized spacial score (nSPS) is 11.4. The van der Waals surface area contributed by atoms with Crippen LogP contribution in [-0.2, 0) is 4.79 Å². The number of anilines is 1. The number of hydrogen-bond acceptors (Lipinski definition) is 4. The second-order valence-electron chi connectivity index (χ2n) is 5.11. The van der Waals surface area contributed by atoms with E-state index >= 15 is 0 Å². The molecule has 0 radical (unpaired) electrons. The molecule has 0 saturated heterocycles. The quantitative estimate of drug-likeness (QED) is 0.914. The second-order valence-corrected chi connectivity index (χ2v) is 6.31. The van der Waals surface area contributed by atoms with Crippen molar-refractivity contribution >= 4 is 22.4 Å². The lowest BCUT2D eigenvalue weighted by Crippen LogP contribution is -2.45. The number of amides is 1. The van der Waals surface area contributed by atoms with Crippen molar-refractivity contribution in [2.45, 2.75) is 26.3 Å². The van der Waals surface area contributed by atoms with Gasteiger partial charge in [0.25, 0.3) is 0 Å². The molecule has 6 heteroatoms. The monoisotopic (exact) mass is 293 g/mol. The van der Waals surface area contributed by atoms with Crippen LogP contribution in [0.15, 0.2) is 24.3 Å². The molecule has 0 saturated carbocycles. The van der Waals surface area contributed by atoms with Crippen LogP contribution in [0.4, 0.5) is 9.52 Å². The van der Waals surface area contributed by atoms with Crippen LogP contribution in [0.2, 0.25) is 0 Å². The summed E-state index contributed by atoms with van der Waals surface area (Å²) in [5.74, 6) is -0.586. The van der Waals surface area contributed by atoms with Gasteiger partial charge in [0.2, 0.25) is 5.91 Å². The van der Waals surface area contributed by atoms with Crippen LogP contribution >= 0.6 is 11.3 Å². The zero-order valence-electron chi connectivity index (χ0n) is 11.5. The van der Waals surface area contributed by atoms with Crippen molar-refractivity contribution in [1.82, 2.24) is 4.98 Å². The van der Waals surface area contributed by atoms with Crippen LogP contribution < -0.4 is 11.1 Å². The van der Waals surface area contributed by atoms with E-state index in [4.69, 9.17) is 5.73 Å². The molecular weight excluding hydrogens is 277 g/mol. The summed E-state index contributed by atoms with van der Waals surface area (Å²) in [6.07, 6.45) is 0. The third-order valence-electron chi connectivity index (χ3n) is 2.72. The molecule has 4 nitrogen and oxygen atoms in total. The van der Waals surface area contributed by atoms with E-state index in [1.807, 2.05) is 6.92 Å². The van der Waals surface area contributed by atoms with Gasteiger partial charge >= 0.3 is 0 Å². The first kappa shape index (κ1) is 14.6. The molecule has 0 aliphatic carbocycles. The number of carbonyl (C=O) groups is 1. The maximum atomic E-state index is 12.9. The number of benzene rings is 1. The highest BCUT2D eigenvalue weighted by atomic mass is 32.1. The van der Waals surface area contributed by atoms with Crippen LogP contribution in [0.3, 0.4) is 0 Å². The Kier molecular flexibility index (Phi) is 3.87. The van der Waals surface area contributed by atoms with Crippen molar-refractivity contribution in [2.24, 2.45) is 5.73 Å². The molecule has 0 aliphatic heterocycles. The van der Waals surface area contributed by atoms with Gasteiger partial charge in [-0.25, -0.2) is 9.37 Å². The van der Waals surface area contributed by atoms with Crippen LogP contribution in [-0.4, -0.2) is 16.4 Å². The zero-order chi connectivity index (χ0) is 14.9. The largest absolute Gasteiger partial charge is 0.318 e. The maximum Gasteiger partial charge on any atom is 0.245 e. The Labute approximate surface area is 120 Å². The van der Waals surface area contributed by atoms with Crippen molar-refractivity contribution < 1.29 is 9.18 Å². The number of nitrogens with two attached hydrogens (primary N) is 1. The Bertz CT molecular complexity index is 629. The summed E-state index contributed by atoms with van der Waals surface area (Å²) in [5, 5.41) is 3.18. The summed E-state index contributed by atoms with van der Waals surface area (Å²) >= 11 is 1.37. The Hall–Kier alpha value is -1.79. The lowest BCUT2D eigenvalue weighted by Gasteiger charge is -2.16. The third kappa shape index (κ3) is 3.20. The van der Waals surface area contributed by atoms with E-state index in [9.17, 15) is 9.18 Å². The summed E-state index contributed by atoms with van der Waals surface area (Å²) in [6.45, 7) is 5.16. The van der Waals surface area contributed by atoms with Gasteiger partial charge in [0, 0.05) is 10.4 Å². The predicted molar refractivity (Wildman–Crippen MR) is 79.1 cm³/mol. The van der Waals surface area contributed by atoms with Gasteiger partial charge in [-0.1, -0.05) is 0 Å². The van der Waals surface area contributed by atoms with Gasteiger partial charge in [0.1, 0.15) is 5.82 Å². The van der Waals surface area contributed by atoms with Crippen molar-refractivity contribution in [3.8, 4) is 11.3 Å². The molecule has 2 aromatic rings. The van der Waals surface area contributed by atoms with E-state index in [0.717, 1.165) is 16.1 Å². The molecule has 2 rings (SSSR count). The van der Waals surface area contributed by atoms with Gasteiger partial charge < -0.3 is 11.1 Å². The fraction of sp³-hybridized carbons (Fsp3) is 0.286. The summed E-state index contributed by atoms with van der Waals surface area (Å²) in [5.41, 5.74) is 6.31. The predicted octanol–water partition coefficient (Wildman–Crippen LogP) is 2.93. The number of carbonyl (C=O) groups excluding carboxylic acids is 1. The fourth-order valence-corrected chi connectivity index (χ4v) is 2.41. The summed E-state index contributed by atoms with van der Waals surface area (Å²) < 4.78 is 12.9. The van der Waals surface area contributed by atoms with Gasteiger partial charge in [-0.05, 0) is 45.0 Å². The lowest BCUT2D eigenvalue weighted by atomic mass is 10.1. The highest BCUT2D eigenvalue weighted by Gasteiger charge is 2.23. The summed E-state index contributed by atoms with van der Waals surface area (Å²) in [4.78, 5) is 17.1. The third-order valence-corrected chi connectivity index (χ3v) is 3.61. The van der Waals surface area contributed by atoms with E-state index in [-0.39, 0.29) is 11.7 Å². The minimum absolute atomic E-state index is 0.292. The van der Waals surface area contributed by atoms with Crippen molar-refractivity contribution in [1.29, 1.82) is 0 Å². The number of nitrogens with zero attached hydrogens (tertiary/aromatic N) is 1. The van der Waals surface area contributed by atoms with Crippen LogP contribution in [0, 0.1) is 12.7 Å². The van der Waals surface area contributed by atoms with Crippen LogP contribution in [0.5, 0.6) is 0 Å². The zero-order valence-corrected chi connectivity index (χ0v) is 12.3. The van der Waals surface area contributed by atoms with E-state index < -0.39 is 5.54 Å².